The van der Waals surface area contributed by atoms with Gasteiger partial charge in [0.15, 0.2) is 0 Å². The van der Waals surface area contributed by atoms with Crippen molar-refractivity contribution in [3.8, 4) is 22.4 Å². The van der Waals surface area contributed by atoms with Gasteiger partial charge in [-0.3, -0.25) is 9.38 Å². The second kappa shape index (κ2) is 8.09. The standard InChI is InChI=1S/C28H25FN4/c1-18-14-24(23-16-22(29)9-10-26(23)32-18)27-17-31-28-15-21(11-13-33(27)28)19-5-7-20(8-6-19)25-4-2-3-12-30-25/h5-11,13-17,25,30H,2-4,12H2,1H3. The largest absolute Gasteiger partial charge is 0.310 e. The van der Waals surface area contributed by atoms with Crippen molar-refractivity contribution in [3.05, 3.63) is 90.1 Å². The summed E-state index contributed by atoms with van der Waals surface area (Å²) in [4.78, 5) is 9.23. The molecule has 3 aromatic heterocycles. The number of piperidine rings is 1. The lowest BCUT2D eigenvalue weighted by atomic mass is 9.95. The lowest BCUT2D eigenvalue weighted by Gasteiger charge is -2.24. The van der Waals surface area contributed by atoms with Crippen LogP contribution < -0.4 is 5.32 Å². The summed E-state index contributed by atoms with van der Waals surface area (Å²) in [5, 5.41) is 4.41. The SMILES string of the molecule is Cc1cc(-c2cnc3cc(-c4ccc(C5CCCCN5)cc4)ccn23)c2cc(F)ccc2n1. The third-order valence-electron chi connectivity index (χ3n) is 6.64. The van der Waals surface area contributed by atoms with Gasteiger partial charge in [-0.25, -0.2) is 9.37 Å². The Bertz CT molecular complexity index is 1460. The van der Waals surface area contributed by atoms with Crippen LogP contribution in [0, 0.1) is 12.7 Å². The normalized spacial score (nSPS) is 16.5. The first-order valence-corrected chi connectivity index (χ1v) is 11.5. The molecule has 1 saturated heterocycles. The third kappa shape index (κ3) is 3.68. The van der Waals surface area contributed by atoms with Crippen LogP contribution in [0.15, 0.2) is 73.1 Å². The molecule has 0 aliphatic carbocycles. The van der Waals surface area contributed by atoms with E-state index in [0.29, 0.717) is 6.04 Å². The Kier molecular flexibility index (Phi) is 4.92. The molecule has 164 valence electrons. The summed E-state index contributed by atoms with van der Waals surface area (Å²) < 4.78 is 16.1. The van der Waals surface area contributed by atoms with Gasteiger partial charge in [0.2, 0.25) is 0 Å². The lowest BCUT2D eigenvalue weighted by molar-refractivity contribution is 0.412. The number of aryl methyl sites for hydroxylation is 1. The van der Waals surface area contributed by atoms with E-state index >= 15 is 0 Å². The zero-order chi connectivity index (χ0) is 22.4. The fourth-order valence-electron chi connectivity index (χ4n) is 4.95. The molecule has 1 fully saturated rings. The van der Waals surface area contributed by atoms with Gasteiger partial charge in [0, 0.05) is 28.9 Å². The molecule has 5 aromatic rings. The van der Waals surface area contributed by atoms with Crippen molar-refractivity contribution < 1.29 is 4.39 Å². The van der Waals surface area contributed by atoms with E-state index in [1.165, 1.54) is 36.5 Å². The summed E-state index contributed by atoms with van der Waals surface area (Å²) in [5.74, 6) is -0.266. The number of halogens is 1. The topological polar surface area (TPSA) is 42.2 Å². The Morgan fingerprint density at radius 1 is 0.970 bits per heavy atom. The van der Waals surface area contributed by atoms with Crippen molar-refractivity contribution in [2.75, 3.05) is 6.54 Å². The molecule has 1 aliphatic heterocycles. The van der Waals surface area contributed by atoms with Crippen molar-refractivity contribution in [1.82, 2.24) is 19.7 Å². The van der Waals surface area contributed by atoms with Gasteiger partial charge >= 0.3 is 0 Å². The quantitative estimate of drug-likeness (QED) is 0.352. The van der Waals surface area contributed by atoms with Gasteiger partial charge in [-0.1, -0.05) is 30.7 Å². The predicted octanol–water partition coefficient (Wildman–Crippen LogP) is 6.48. The average molecular weight is 437 g/mol. The minimum atomic E-state index is -0.266. The van der Waals surface area contributed by atoms with Crippen LogP contribution in [0.25, 0.3) is 38.9 Å². The molecule has 1 N–H and O–H groups in total. The molecule has 6 rings (SSSR count). The zero-order valence-electron chi connectivity index (χ0n) is 18.6. The van der Waals surface area contributed by atoms with Crippen LogP contribution in [0.4, 0.5) is 4.39 Å². The lowest BCUT2D eigenvalue weighted by Crippen LogP contribution is -2.26. The van der Waals surface area contributed by atoms with Crippen molar-refractivity contribution in [2.24, 2.45) is 0 Å². The summed E-state index contributed by atoms with van der Waals surface area (Å²) in [6, 6.07) is 20.3. The maximum absolute atomic E-state index is 14.0. The smallest absolute Gasteiger partial charge is 0.137 e. The van der Waals surface area contributed by atoms with Crippen LogP contribution in [-0.2, 0) is 0 Å². The number of benzene rings is 2. The van der Waals surface area contributed by atoms with E-state index in [4.69, 9.17) is 0 Å². The minimum Gasteiger partial charge on any atom is -0.310 e. The van der Waals surface area contributed by atoms with E-state index in [-0.39, 0.29) is 5.82 Å². The van der Waals surface area contributed by atoms with Gasteiger partial charge in [-0.2, -0.15) is 0 Å². The molecule has 0 saturated carbocycles. The molecule has 2 aromatic carbocycles. The van der Waals surface area contributed by atoms with E-state index in [9.17, 15) is 4.39 Å². The van der Waals surface area contributed by atoms with Crippen LogP contribution in [0.2, 0.25) is 0 Å². The average Bonchev–Trinajstić information content (AvgIpc) is 3.28. The maximum Gasteiger partial charge on any atom is 0.137 e. The van der Waals surface area contributed by atoms with Crippen molar-refractivity contribution in [1.29, 1.82) is 0 Å². The van der Waals surface area contributed by atoms with Gasteiger partial charge in [0.05, 0.1) is 17.4 Å². The predicted molar refractivity (Wildman–Crippen MR) is 131 cm³/mol. The number of aromatic nitrogens is 3. The Morgan fingerprint density at radius 3 is 2.67 bits per heavy atom. The van der Waals surface area contributed by atoms with Gasteiger partial charge in [0.25, 0.3) is 0 Å². The molecule has 4 nitrogen and oxygen atoms in total. The van der Waals surface area contributed by atoms with Crippen molar-refractivity contribution in [2.45, 2.75) is 32.2 Å². The van der Waals surface area contributed by atoms with E-state index in [1.807, 2.05) is 25.4 Å². The van der Waals surface area contributed by atoms with Crippen LogP contribution in [0.5, 0.6) is 0 Å². The fraction of sp³-hybridized carbons (Fsp3) is 0.214. The van der Waals surface area contributed by atoms with E-state index < -0.39 is 0 Å². The third-order valence-corrected chi connectivity index (χ3v) is 6.64. The number of imidazole rings is 1. The van der Waals surface area contributed by atoms with Crippen LogP contribution in [0.3, 0.4) is 0 Å². The molecular formula is C28H25FN4. The molecule has 1 unspecified atom stereocenters. The zero-order valence-corrected chi connectivity index (χ0v) is 18.6. The summed E-state index contributed by atoms with van der Waals surface area (Å²) in [7, 11) is 0. The monoisotopic (exact) mass is 436 g/mol. The molecule has 33 heavy (non-hydrogen) atoms. The highest BCUT2D eigenvalue weighted by molar-refractivity contribution is 5.94. The highest BCUT2D eigenvalue weighted by atomic mass is 19.1. The molecule has 4 heterocycles. The fourth-order valence-corrected chi connectivity index (χ4v) is 4.95. The number of fused-ring (bicyclic) bond motifs is 2. The van der Waals surface area contributed by atoms with Crippen LogP contribution >= 0.6 is 0 Å². The van der Waals surface area contributed by atoms with Gasteiger partial charge in [0.1, 0.15) is 11.5 Å². The van der Waals surface area contributed by atoms with Crippen molar-refractivity contribution in [3.63, 3.8) is 0 Å². The molecule has 0 amide bonds. The first-order chi connectivity index (χ1) is 16.2. The van der Waals surface area contributed by atoms with Gasteiger partial charge in [-0.05, 0) is 79.4 Å². The van der Waals surface area contributed by atoms with Crippen LogP contribution in [0.1, 0.15) is 36.6 Å². The molecule has 0 bridgehead atoms. The number of hydrogen-bond donors (Lipinski definition) is 1. The summed E-state index contributed by atoms with van der Waals surface area (Å²) >= 11 is 0. The number of nitrogens with zero attached hydrogens (tertiary/aromatic N) is 3. The second-order valence-corrected chi connectivity index (χ2v) is 8.88. The molecular weight excluding hydrogens is 411 g/mol. The molecule has 1 aliphatic rings. The summed E-state index contributed by atoms with van der Waals surface area (Å²) in [6.45, 7) is 3.06. The van der Waals surface area contributed by atoms with E-state index in [2.05, 4.69) is 56.1 Å². The van der Waals surface area contributed by atoms with Crippen molar-refractivity contribution >= 4 is 16.6 Å². The number of pyridine rings is 2. The number of hydrogen-bond acceptors (Lipinski definition) is 3. The molecule has 0 spiro atoms. The minimum absolute atomic E-state index is 0.266. The highest BCUT2D eigenvalue weighted by Gasteiger charge is 2.15. The Balaban J connectivity index is 1.38. The number of rotatable bonds is 3. The first kappa shape index (κ1) is 20.1. The molecule has 0 radical (unpaired) electrons. The molecule has 5 heteroatoms. The summed E-state index contributed by atoms with van der Waals surface area (Å²) in [5.41, 5.74) is 8.06. The van der Waals surface area contributed by atoms with E-state index in [1.54, 1.807) is 12.1 Å². The number of nitrogens with one attached hydrogen (secondary N) is 1. The summed E-state index contributed by atoms with van der Waals surface area (Å²) in [6.07, 6.45) is 7.66. The van der Waals surface area contributed by atoms with Gasteiger partial charge in [-0.15, -0.1) is 0 Å². The highest BCUT2D eigenvalue weighted by Crippen LogP contribution is 2.32. The van der Waals surface area contributed by atoms with E-state index in [0.717, 1.165) is 45.6 Å². The Hall–Kier alpha value is -3.57. The van der Waals surface area contributed by atoms with Gasteiger partial charge < -0.3 is 5.32 Å². The Labute approximate surface area is 192 Å². The molecule has 1 atom stereocenters. The maximum atomic E-state index is 14.0. The Morgan fingerprint density at radius 2 is 1.85 bits per heavy atom. The second-order valence-electron chi connectivity index (χ2n) is 8.88. The first-order valence-electron chi connectivity index (χ1n) is 11.5. The van der Waals surface area contributed by atoms with Crippen LogP contribution in [-0.4, -0.2) is 20.9 Å².